The lowest BCUT2D eigenvalue weighted by molar-refractivity contribution is -0.128. The number of aromatic nitrogens is 2. The first-order valence-electron chi connectivity index (χ1n) is 12.5. The van der Waals surface area contributed by atoms with E-state index in [1.807, 2.05) is 29.2 Å². The molecule has 0 spiro atoms. The van der Waals surface area contributed by atoms with Gasteiger partial charge in [-0.2, -0.15) is 4.98 Å². The van der Waals surface area contributed by atoms with Crippen LogP contribution >= 0.6 is 0 Å². The standard InChI is InChI=1S/C27H30FN5O3/c28-23-11-9-21(10-12-23)26-30-24(36-31-26)18-32-13-1-3-22(17-32)27(35)29-15-19-5-7-20(8-6-19)16-33-14-2-4-25(33)34/h5-12,22H,1-4,13-18H2,(H,29,35). The summed E-state index contributed by atoms with van der Waals surface area (Å²) in [7, 11) is 0. The number of carbonyl (C=O) groups is 2. The number of halogens is 1. The van der Waals surface area contributed by atoms with Crippen LogP contribution < -0.4 is 5.32 Å². The van der Waals surface area contributed by atoms with E-state index in [4.69, 9.17) is 4.52 Å². The van der Waals surface area contributed by atoms with Crippen molar-refractivity contribution in [1.82, 2.24) is 25.3 Å². The van der Waals surface area contributed by atoms with E-state index < -0.39 is 0 Å². The second-order valence-corrected chi connectivity index (χ2v) is 9.55. The molecule has 2 aromatic carbocycles. The van der Waals surface area contributed by atoms with Gasteiger partial charge in [0.25, 0.3) is 0 Å². The zero-order valence-electron chi connectivity index (χ0n) is 20.2. The number of nitrogens with one attached hydrogen (secondary N) is 1. The summed E-state index contributed by atoms with van der Waals surface area (Å²) in [4.78, 5) is 33.2. The maximum atomic E-state index is 13.2. The summed E-state index contributed by atoms with van der Waals surface area (Å²) in [5.74, 6) is 0.760. The van der Waals surface area contributed by atoms with E-state index in [0.29, 0.717) is 49.9 Å². The molecule has 8 nitrogen and oxygen atoms in total. The number of carbonyl (C=O) groups excluding carboxylic acids is 2. The number of nitrogens with zero attached hydrogens (tertiary/aromatic N) is 4. The summed E-state index contributed by atoms with van der Waals surface area (Å²) >= 11 is 0. The third kappa shape index (κ3) is 5.96. The van der Waals surface area contributed by atoms with E-state index >= 15 is 0 Å². The first-order chi connectivity index (χ1) is 17.5. The Morgan fingerprint density at radius 2 is 1.81 bits per heavy atom. The van der Waals surface area contributed by atoms with Gasteiger partial charge < -0.3 is 14.7 Å². The average molecular weight is 492 g/mol. The van der Waals surface area contributed by atoms with Crippen molar-refractivity contribution in [3.63, 3.8) is 0 Å². The molecule has 1 N–H and O–H groups in total. The Hall–Kier alpha value is -3.59. The van der Waals surface area contributed by atoms with Crippen LogP contribution in [0.2, 0.25) is 0 Å². The Morgan fingerprint density at radius 3 is 2.56 bits per heavy atom. The van der Waals surface area contributed by atoms with Crippen LogP contribution in [0.25, 0.3) is 11.4 Å². The predicted molar refractivity (Wildman–Crippen MR) is 131 cm³/mol. The fraction of sp³-hybridized carbons (Fsp3) is 0.407. The molecule has 36 heavy (non-hydrogen) atoms. The van der Waals surface area contributed by atoms with Crippen LogP contribution in [0, 0.1) is 11.7 Å². The second-order valence-electron chi connectivity index (χ2n) is 9.55. The summed E-state index contributed by atoms with van der Waals surface area (Å²) in [6.45, 7) is 3.91. The van der Waals surface area contributed by atoms with Crippen LogP contribution in [-0.4, -0.2) is 51.4 Å². The maximum Gasteiger partial charge on any atom is 0.241 e. The van der Waals surface area contributed by atoms with Crippen molar-refractivity contribution in [2.24, 2.45) is 5.92 Å². The van der Waals surface area contributed by atoms with E-state index in [9.17, 15) is 14.0 Å². The molecule has 2 saturated heterocycles. The van der Waals surface area contributed by atoms with Gasteiger partial charge in [-0.25, -0.2) is 4.39 Å². The van der Waals surface area contributed by atoms with Crippen molar-refractivity contribution >= 4 is 11.8 Å². The van der Waals surface area contributed by atoms with Gasteiger partial charge in [-0.1, -0.05) is 29.4 Å². The highest BCUT2D eigenvalue weighted by Gasteiger charge is 2.27. The molecule has 0 bridgehead atoms. The first-order valence-corrected chi connectivity index (χ1v) is 12.5. The minimum absolute atomic E-state index is 0.0453. The van der Waals surface area contributed by atoms with E-state index in [-0.39, 0.29) is 23.5 Å². The predicted octanol–water partition coefficient (Wildman–Crippen LogP) is 3.53. The summed E-state index contributed by atoms with van der Waals surface area (Å²) in [5, 5.41) is 7.07. The third-order valence-electron chi connectivity index (χ3n) is 6.84. The summed E-state index contributed by atoms with van der Waals surface area (Å²) in [5.41, 5.74) is 2.83. The maximum absolute atomic E-state index is 13.2. The van der Waals surface area contributed by atoms with Crippen molar-refractivity contribution in [2.45, 2.75) is 45.3 Å². The number of rotatable bonds is 8. The molecule has 2 amide bonds. The summed E-state index contributed by atoms with van der Waals surface area (Å²) in [6.07, 6.45) is 3.35. The van der Waals surface area contributed by atoms with Gasteiger partial charge in [-0.3, -0.25) is 14.5 Å². The van der Waals surface area contributed by atoms with E-state index in [1.54, 1.807) is 12.1 Å². The largest absolute Gasteiger partial charge is 0.352 e. The molecule has 5 rings (SSSR count). The van der Waals surface area contributed by atoms with Crippen molar-refractivity contribution in [3.05, 3.63) is 71.4 Å². The minimum atomic E-state index is -0.313. The Labute approximate surface area is 209 Å². The molecular formula is C27H30FN5O3. The molecule has 2 aliphatic rings. The van der Waals surface area contributed by atoms with Crippen molar-refractivity contribution in [1.29, 1.82) is 0 Å². The molecule has 9 heteroatoms. The zero-order chi connectivity index (χ0) is 24.9. The highest BCUT2D eigenvalue weighted by atomic mass is 19.1. The fourth-order valence-electron chi connectivity index (χ4n) is 4.83. The van der Waals surface area contributed by atoms with Crippen LogP contribution in [0.3, 0.4) is 0 Å². The van der Waals surface area contributed by atoms with Crippen molar-refractivity contribution in [2.75, 3.05) is 19.6 Å². The Balaban J connectivity index is 1.09. The number of hydrogen-bond donors (Lipinski definition) is 1. The molecule has 2 fully saturated rings. The van der Waals surface area contributed by atoms with Gasteiger partial charge in [0.1, 0.15) is 5.82 Å². The van der Waals surface area contributed by atoms with E-state index in [2.05, 4.69) is 20.4 Å². The Bertz CT molecular complexity index is 1190. The molecule has 3 heterocycles. The van der Waals surface area contributed by atoms with Gasteiger partial charge >= 0.3 is 0 Å². The second kappa shape index (κ2) is 11.0. The lowest BCUT2D eigenvalue weighted by Crippen LogP contribution is -2.42. The van der Waals surface area contributed by atoms with Gasteiger partial charge in [-0.15, -0.1) is 0 Å². The normalized spacial score (nSPS) is 18.5. The van der Waals surface area contributed by atoms with Crippen molar-refractivity contribution < 1.29 is 18.5 Å². The molecule has 0 aliphatic carbocycles. The smallest absolute Gasteiger partial charge is 0.241 e. The van der Waals surface area contributed by atoms with Crippen LogP contribution in [0.15, 0.2) is 53.1 Å². The van der Waals surface area contributed by atoms with Crippen molar-refractivity contribution in [3.8, 4) is 11.4 Å². The number of likely N-dealkylation sites (tertiary alicyclic amines) is 2. The first kappa shape index (κ1) is 24.1. The Kier molecular flexibility index (Phi) is 7.36. The highest BCUT2D eigenvalue weighted by Crippen LogP contribution is 2.21. The molecule has 2 aliphatic heterocycles. The summed E-state index contributed by atoms with van der Waals surface area (Å²) < 4.78 is 18.5. The lowest BCUT2D eigenvalue weighted by atomic mass is 9.97. The van der Waals surface area contributed by atoms with Crippen LogP contribution in [-0.2, 0) is 29.2 Å². The molecule has 1 atom stereocenters. The van der Waals surface area contributed by atoms with E-state index in [1.165, 1.54) is 12.1 Å². The molecule has 3 aromatic rings. The quantitative estimate of drug-likeness (QED) is 0.519. The average Bonchev–Trinajstić information content (AvgIpc) is 3.53. The van der Waals surface area contributed by atoms with Gasteiger partial charge in [0.2, 0.25) is 23.5 Å². The zero-order valence-corrected chi connectivity index (χ0v) is 20.2. The molecule has 0 saturated carbocycles. The van der Waals surface area contributed by atoms with Gasteiger partial charge in [0.15, 0.2) is 0 Å². The van der Waals surface area contributed by atoms with Crippen LogP contribution in [0.5, 0.6) is 0 Å². The number of benzene rings is 2. The minimum Gasteiger partial charge on any atom is -0.352 e. The van der Waals surface area contributed by atoms with Crippen LogP contribution in [0.1, 0.15) is 42.7 Å². The molecule has 0 radical (unpaired) electrons. The Morgan fingerprint density at radius 1 is 1.03 bits per heavy atom. The van der Waals surface area contributed by atoms with E-state index in [0.717, 1.165) is 43.5 Å². The molecule has 188 valence electrons. The molecule has 1 unspecified atom stereocenters. The number of hydrogen-bond acceptors (Lipinski definition) is 6. The topological polar surface area (TPSA) is 91.6 Å². The summed E-state index contributed by atoms with van der Waals surface area (Å²) in [6, 6.07) is 14.0. The SMILES string of the molecule is O=C(NCc1ccc(CN2CCCC2=O)cc1)C1CCCN(Cc2nc(-c3ccc(F)cc3)no2)C1. The third-order valence-corrected chi connectivity index (χ3v) is 6.84. The van der Waals surface area contributed by atoms with Crippen LogP contribution in [0.4, 0.5) is 4.39 Å². The number of piperidine rings is 1. The number of amides is 2. The van der Waals surface area contributed by atoms with Gasteiger partial charge in [-0.05, 0) is 61.2 Å². The highest BCUT2D eigenvalue weighted by molar-refractivity contribution is 5.79. The fourth-order valence-corrected chi connectivity index (χ4v) is 4.83. The lowest BCUT2D eigenvalue weighted by Gasteiger charge is -2.30. The van der Waals surface area contributed by atoms with Gasteiger partial charge in [0.05, 0.1) is 12.5 Å². The molecular weight excluding hydrogens is 461 g/mol. The monoisotopic (exact) mass is 491 g/mol. The van der Waals surface area contributed by atoms with Gasteiger partial charge in [0, 0.05) is 38.2 Å². The molecule has 1 aromatic heterocycles.